The number of carbonyl (C=O) groups excluding carboxylic acids is 1. The Hall–Kier alpha value is -3.45. The third-order valence-corrected chi connectivity index (χ3v) is 5.63. The maximum atomic E-state index is 13.2. The molecule has 2 aromatic carbocycles. The molecule has 1 amide bonds. The Kier molecular flexibility index (Phi) is 5.14. The number of ether oxygens (including phenoxy) is 1. The molecule has 4 rings (SSSR count). The zero-order valence-corrected chi connectivity index (χ0v) is 16.8. The van der Waals surface area contributed by atoms with Crippen molar-refractivity contribution in [3.05, 3.63) is 76.2 Å². The summed E-state index contributed by atoms with van der Waals surface area (Å²) in [4.78, 5) is 31.8. The Labute approximate surface area is 171 Å². The van der Waals surface area contributed by atoms with E-state index in [1.165, 1.54) is 29.3 Å². The van der Waals surface area contributed by atoms with E-state index in [0.717, 1.165) is 16.0 Å². The van der Waals surface area contributed by atoms with Crippen LogP contribution in [0.4, 0.5) is 5.69 Å². The van der Waals surface area contributed by atoms with E-state index in [0.29, 0.717) is 21.7 Å². The van der Waals surface area contributed by atoms with Crippen LogP contribution < -0.4 is 15.6 Å². The molecule has 1 N–H and O–H groups in total. The number of nitrogens with one attached hydrogen (secondary N) is 1. The number of rotatable bonds is 5. The molecule has 0 aliphatic heterocycles. The number of amides is 1. The highest BCUT2D eigenvalue weighted by molar-refractivity contribution is 7.19. The van der Waals surface area contributed by atoms with Gasteiger partial charge in [-0.25, -0.2) is 4.98 Å². The molecule has 0 spiro atoms. The fraction of sp³-hybridized carbons (Fsp3) is 0.136. The molecule has 2 heterocycles. The number of hydrogen-bond acceptors (Lipinski definition) is 5. The Morgan fingerprint density at radius 2 is 1.86 bits per heavy atom. The molecule has 0 aliphatic carbocycles. The van der Waals surface area contributed by atoms with Crippen molar-refractivity contribution in [2.24, 2.45) is 0 Å². The highest BCUT2D eigenvalue weighted by Crippen LogP contribution is 2.35. The Morgan fingerprint density at radius 1 is 1.14 bits per heavy atom. The average molecular weight is 405 g/mol. The first-order chi connectivity index (χ1) is 14.1. The lowest BCUT2D eigenvalue weighted by atomic mass is 10.0. The fourth-order valence-corrected chi connectivity index (χ4v) is 4.30. The summed E-state index contributed by atoms with van der Waals surface area (Å²) < 4.78 is 6.59. The highest BCUT2D eigenvalue weighted by atomic mass is 32.1. The summed E-state index contributed by atoms with van der Waals surface area (Å²) in [5.41, 5.74) is 2.17. The van der Waals surface area contributed by atoms with Gasteiger partial charge in [-0.05, 0) is 24.6 Å². The van der Waals surface area contributed by atoms with E-state index in [-0.39, 0.29) is 18.0 Å². The van der Waals surface area contributed by atoms with Crippen LogP contribution in [0.1, 0.15) is 4.88 Å². The van der Waals surface area contributed by atoms with E-state index in [1.807, 2.05) is 43.3 Å². The second-order valence-electron chi connectivity index (χ2n) is 6.51. The second kappa shape index (κ2) is 7.89. The van der Waals surface area contributed by atoms with Crippen LogP contribution in [0, 0.1) is 6.92 Å². The minimum atomic E-state index is -0.328. The molecule has 0 unspecified atom stereocenters. The number of fused-ring (bicyclic) bond motifs is 1. The van der Waals surface area contributed by atoms with E-state index < -0.39 is 0 Å². The topological polar surface area (TPSA) is 73.2 Å². The molecular formula is C22H19N3O3S. The van der Waals surface area contributed by atoms with Gasteiger partial charge in [-0.15, -0.1) is 11.3 Å². The van der Waals surface area contributed by atoms with Crippen LogP contribution in [-0.2, 0) is 11.3 Å². The van der Waals surface area contributed by atoms with Crippen LogP contribution in [0.15, 0.2) is 65.7 Å². The first-order valence-corrected chi connectivity index (χ1v) is 9.87. The third kappa shape index (κ3) is 3.64. The molecule has 0 atom stereocenters. The molecular weight excluding hydrogens is 386 g/mol. The predicted octanol–water partition coefficient (Wildman–Crippen LogP) is 4.08. The van der Waals surface area contributed by atoms with Crippen molar-refractivity contribution >= 4 is 33.1 Å². The van der Waals surface area contributed by atoms with Gasteiger partial charge in [0.15, 0.2) is 0 Å². The lowest BCUT2D eigenvalue weighted by Crippen LogP contribution is -2.28. The molecule has 146 valence electrons. The number of hydrogen-bond donors (Lipinski definition) is 1. The molecule has 0 aliphatic rings. The van der Waals surface area contributed by atoms with Crippen LogP contribution in [-0.4, -0.2) is 22.6 Å². The van der Waals surface area contributed by atoms with E-state index in [9.17, 15) is 9.59 Å². The van der Waals surface area contributed by atoms with Crippen molar-refractivity contribution in [1.82, 2.24) is 9.55 Å². The van der Waals surface area contributed by atoms with Gasteiger partial charge in [0, 0.05) is 10.4 Å². The summed E-state index contributed by atoms with van der Waals surface area (Å²) in [6, 6.07) is 16.9. The molecule has 0 saturated heterocycles. The largest absolute Gasteiger partial charge is 0.495 e. The fourth-order valence-electron chi connectivity index (χ4n) is 3.29. The van der Waals surface area contributed by atoms with Gasteiger partial charge in [0.2, 0.25) is 5.91 Å². The number of nitrogens with zero attached hydrogens (tertiary/aromatic N) is 2. The van der Waals surface area contributed by atoms with Crippen molar-refractivity contribution in [2.45, 2.75) is 13.5 Å². The summed E-state index contributed by atoms with van der Waals surface area (Å²) >= 11 is 1.48. The zero-order chi connectivity index (χ0) is 20.4. The second-order valence-corrected chi connectivity index (χ2v) is 7.71. The van der Waals surface area contributed by atoms with Crippen molar-refractivity contribution in [3.8, 4) is 16.9 Å². The first-order valence-electron chi connectivity index (χ1n) is 9.05. The van der Waals surface area contributed by atoms with E-state index in [4.69, 9.17) is 4.74 Å². The minimum absolute atomic E-state index is 0.136. The average Bonchev–Trinajstić information content (AvgIpc) is 3.08. The monoisotopic (exact) mass is 405 g/mol. The third-order valence-electron chi connectivity index (χ3n) is 4.61. The maximum Gasteiger partial charge on any atom is 0.263 e. The van der Waals surface area contributed by atoms with E-state index >= 15 is 0 Å². The Morgan fingerprint density at radius 3 is 2.62 bits per heavy atom. The summed E-state index contributed by atoms with van der Waals surface area (Å²) in [6.07, 6.45) is 1.43. The van der Waals surface area contributed by atoms with E-state index in [1.54, 1.807) is 18.2 Å². The molecule has 7 heteroatoms. The minimum Gasteiger partial charge on any atom is -0.495 e. The SMILES string of the molecule is COc1ccccc1NC(=O)Cn1cnc2sc(C)c(-c3ccccc3)c2c1=O. The summed E-state index contributed by atoms with van der Waals surface area (Å²) in [6.45, 7) is 1.84. The maximum absolute atomic E-state index is 13.2. The van der Waals surface area contributed by atoms with E-state index in [2.05, 4.69) is 10.3 Å². The lowest BCUT2D eigenvalue weighted by molar-refractivity contribution is -0.116. The number of aryl methyl sites for hydroxylation is 1. The van der Waals surface area contributed by atoms with Crippen LogP contribution in [0.2, 0.25) is 0 Å². The lowest BCUT2D eigenvalue weighted by Gasteiger charge is -2.11. The zero-order valence-electron chi connectivity index (χ0n) is 16.0. The molecule has 0 bridgehead atoms. The number of anilines is 1. The number of methoxy groups -OCH3 is 1. The van der Waals surface area contributed by atoms with Gasteiger partial charge in [-0.2, -0.15) is 0 Å². The molecule has 2 aromatic heterocycles. The van der Waals surface area contributed by atoms with Gasteiger partial charge < -0.3 is 10.1 Å². The number of thiophene rings is 1. The molecule has 0 fully saturated rings. The van der Waals surface area contributed by atoms with Gasteiger partial charge in [0.05, 0.1) is 24.5 Å². The number of carbonyl (C=O) groups is 1. The standard InChI is InChI=1S/C22H19N3O3S/c1-14-19(15-8-4-3-5-9-15)20-21(29-14)23-13-25(22(20)27)12-18(26)24-16-10-6-7-11-17(16)28-2/h3-11,13H,12H2,1-2H3,(H,24,26). The number of aromatic nitrogens is 2. The molecule has 0 radical (unpaired) electrons. The van der Waals surface area contributed by atoms with Crippen LogP contribution in [0.25, 0.3) is 21.3 Å². The number of benzene rings is 2. The first kappa shape index (κ1) is 18.9. The van der Waals surface area contributed by atoms with Crippen molar-refractivity contribution in [2.75, 3.05) is 12.4 Å². The summed E-state index contributed by atoms with van der Waals surface area (Å²) in [7, 11) is 1.54. The van der Waals surface area contributed by atoms with Crippen LogP contribution >= 0.6 is 11.3 Å². The molecule has 0 saturated carbocycles. The van der Waals surface area contributed by atoms with Crippen molar-refractivity contribution < 1.29 is 9.53 Å². The van der Waals surface area contributed by atoms with Crippen molar-refractivity contribution in [3.63, 3.8) is 0 Å². The summed E-state index contributed by atoms with van der Waals surface area (Å²) in [5, 5.41) is 3.34. The molecule has 6 nitrogen and oxygen atoms in total. The van der Waals surface area contributed by atoms with Gasteiger partial charge in [0.1, 0.15) is 17.1 Å². The van der Waals surface area contributed by atoms with Gasteiger partial charge in [-0.3, -0.25) is 14.2 Å². The highest BCUT2D eigenvalue weighted by Gasteiger charge is 2.18. The van der Waals surface area contributed by atoms with Gasteiger partial charge in [0.25, 0.3) is 5.56 Å². The van der Waals surface area contributed by atoms with Crippen LogP contribution in [0.5, 0.6) is 5.75 Å². The summed E-state index contributed by atoms with van der Waals surface area (Å²) in [5.74, 6) is 0.229. The molecule has 4 aromatic rings. The Bertz CT molecular complexity index is 1250. The van der Waals surface area contributed by atoms with Crippen LogP contribution in [0.3, 0.4) is 0 Å². The quantitative estimate of drug-likeness (QED) is 0.543. The smallest absolute Gasteiger partial charge is 0.263 e. The Balaban J connectivity index is 1.69. The van der Waals surface area contributed by atoms with Gasteiger partial charge in [-0.1, -0.05) is 42.5 Å². The van der Waals surface area contributed by atoms with Gasteiger partial charge >= 0.3 is 0 Å². The number of para-hydroxylation sites is 2. The molecule has 29 heavy (non-hydrogen) atoms. The predicted molar refractivity (Wildman–Crippen MR) is 116 cm³/mol. The normalized spacial score (nSPS) is 10.8. The van der Waals surface area contributed by atoms with Crippen molar-refractivity contribution in [1.29, 1.82) is 0 Å².